The van der Waals surface area contributed by atoms with Crippen LogP contribution in [-0.2, 0) is 19.1 Å². The predicted octanol–water partition coefficient (Wildman–Crippen LogP) is 2.66. The quantitative estimate of drug-likeness (QED) is 0.281. The molecular formula is C18H19BrO4. The molecule has 0 radical (unpaired) electrons. The third-order valence-corrected chi connectivity index (χ3v) is 9.66. The van der Waals surface area contributed by atoms with Gasteiger partial charge in [-0.1, -0.05) is 22.9 Å². The topological polar surface area (TPSA) is 52.6 Å². The fourth-order valence-electron chi connectivity index (χ4n) is 8.01. The van der Waals surface area contributed by atoms with Crippen molar-refractivity contribution in [1.82, 2.24) is 0 Å². The van der Waals surface area contributed by atoms with Crippen molar-refractivity contribution in [2.45, 2.75) is 37.8 Å². The van der Waals surface area contributed by atoms with Crippen molar-refractivity contribution in [1.29, 1.82) is 0 Å². The number of hydrogen-bond acceptors (Lipinski definition) is 4. The molecule has 0 amide bonds. The Kier molecular flexibility index (Phi) is 2.00. The van der Waals surface area contributed by atoms with Gasteiger partial charge in [0.1, 0.15) is 5.57 Å². The molecule has 5 heteroatoms. The van der Waals surface area contributed by atoms with Crippen molar-refractivity contribution >= 4 is 27.9 Å². The largest absolute Gasteiger partial charge is 0.419 e. The van der Waals surface area contributed by atoms with Gasteiger partial charge in [0.25, 0.3) is 5.79 Å². The van der Waals surface area contributed by atoms with Gasteiger partial charge in [-0.15, -0.1) is 0 Å². The number of halogens is 1. The number of cyclic esters (lactones) is 2. The van der Waals surface area contributed by atoms with Gasteiger partial charge in [0, 0.05) is 18.7 Å². The van der Waals surface area contributed by atoms with E-state index in [0.717, 1.165) is 17.4 Å². The first-order valence-electron chi connectivity index (χ1n) is 8.62. The lowest BCUT2D eigenvalue weighted by Gasteiger charge is -2.39. The molecule has 23 heavy (non-hydrogen) atoms. The summed E-state index contributed by atoms with van der Waals surface area (Å²) in [6.07, 6.45) is 1.28. The number of rotatable bonds is 0. The van der Waals surface area contributed by atoms with Gasteiger partial charge in [0.05, 0.1) is 0 Å². The molecule has 0 N–H and O–H groups in total. The standard InChI is InChI=1S/C18H19BrO4/c1-17(2)22-15(20)11(16(21)23-17)10-8-5-4-6-9-7(5)13(10)18(3,12(6)8)14(9)19/h5-9,12-14H,4H2,1-3H3/t5-,6+,7?,8?,9?,12?,13?,14+,18-/m1/s1. The molecule has 122 valence electrons. The van der Waals surface area contributed by atoms with Crippen LogP contribution < -0.4 is 0 Å². The highest BCUT2D eigenvalue weighted by Crippen LogP contribution is 2.89. The fourth-order valence-corrected chi connectivity index (χ4v) is 9.34. The predicted molar refractivity (Wildman–Crippen MR) is 83.2 cm³/mol. The lowest BCUT2D eigenvalue weighted by Crippen LogP contribution is -2.42. The molecular weight excluding hydrogens is 360 g/mol. The molecule has 6 saturated carbocycles. The second-order valence-electron chi connectivity index (χ2n) is 9.02. The maximum Gasteiger partial charge on any atom is 0.348 e. The molecule has 7 aliphatic rings. The lowest BCUT2D eigenvalue weighted by atomic mass is 9.64. The van der Waals surface area contributed by atoms with E-state index in [0.29, 0.717) is 34.4 Å². The minimum Gasteiger partial charge on any atom is -0.419 e. The van der Waals surface area contributed by atoms with Gasteiger partial charge in [-0.2, -0.15) is 0 Å². The number of ether oxygens (including phenoxy) is 2. The maximum atomic E-state index is 12.6. The summed E-state index contributed by atoms with van der Waals surface area (Å²) in [4.78, 5) is 25.7. The molecule has 7 fully saturated rings. The van der Waals surface area contributed by atoms with E-state index < -0.39 is 17.7 Å². The van der Waals surface area contributed by atoms with E-state index in [1.165, 1.54) is 6.42 Å². The molecule has 1 aliphatic heterocycles. The molecule has 0 aromatic heterocycles. The number of alkyl halides is 1. The van der Waals surface area contributed by atoms with Crippen molar-refractivity contribution in [3.63, 3.8) is 0 Å². The molecule has 6 bridgehead atoms. The summed E-state index contributed by atoms with van der Waals surface area (Å²) in [5.74, 6) is 2.17. The average molecular weight is 379 g/mol. The zero-order valence-electron chi connectivity index (χ0n) is 13.3. The highest BCUT2D eigenvalue weighted by molar-refractivity contribution is 9.09. The first kappa shape index (κ1) is 13.5. The second kappa shape index (κ2) is 3.42. The Labute approximate surface area is 143 Å². The van der Waals surface area contributed by atoms with E-state index in [1.54, 1.807) is 13.8 Å². The van der Waals surface area contributed by atoms with Crippen LogP contribution in [0.1, 0.15) is 27.2 Å². The summed E-state index contributed by atoms with van der Waals surface area (Å²) >= 11 is 3.99. The zero-order chi connectivity index (χ0) is 16.0. The van der Waals surface area contributed by atoms with Gasteiger partial charge < -0.3 is 9.47 Å². The van der Waals surface area contributed by atoms with Gasteiger partial charge in [0.15, 0.2) is 0 Å². The van der Waals surface area contributed by atoms with Crippen LogP contribution in [0.3, 0.4) is 0 Å². The van der Waals surface area contributed by atoms with Gasteiger partial charge in [-0.05, 0) is 58.8 Å². The molecule has 1 heterocycles. The van der Waals surface area contributed by atoms with E-state index in [1.807, 2.05) is 0 Å². The Bertz CT molecular complexity index is 715. The number of carbonyl (C=O) groups is 2. The number of hydrogen-bond donors (Lipinski definition) is 0. The molecule has 7 rings (SSSR count). The van der Waals surface area contributed by atoms with Crippen LogP contribution in [0, 0.1) is 46.8 Å². The molecule has 0 spiro atoms. The van der Waals surface area contributed by atoms with Crippen molar-refractivity contribution in [2.24, 2.45) is 46.8 Å². The monoisotopic (exact) mass is 378 g/mol. The summed E-state index contributed by atoms with van der Waals surface area (Å²) in [6.45, 7) is 5.60. The third kappa shape index (κ3) is 1.12. The average Bonchev–Trinajstić information content (AvgIpc) is 3.12. The van der Waals surface area contributed by atoms with E-state index >= 15 is 0 Å². The Hall–Kier alpha value is -0.840. The number of carbonyl (C=O) groups excluding carboxylic acids is 2. The maximum absolute atomic E-state index is 12.6. The fraction of sp³-hybridized carbons (Fsp3) is 0.778. The highest BCUT2D eigenvalue weighted by Gasteiger charge is 2.86. The Morgan fingerprint density at radius 3 is 2.30 bits per heavy atom. The van der Waals surface area contributed by atoms with E-state index in [-0.39, 0.29) is 11.0 Å². The van der Waals surface area contributed by atoms with Crippen LogP contribution in [0.5, 0.6) is 0 Å². The number of allylic oxidation sites excluding steroid dienone is 1. The Morgan fingerprint density at radius 2 is 1.70 bits per heavy atom. The van der Waals surface area contributed by atoms with Crippen LogP contribution >= 0.6 is 15.9 Å². The lowest BCUT2D eigenvalue weighted by molar-refractivity contribution is -0.222. The first-order valence-corrected chi connectivity index (χ1v) is 9.54. The van der Waals surface area contributed by atoms with E-state index in [2.05, 4.69) is 22.9 Å². The summed E-state index contributed by atoms with van der Waals surface area (Å²) in [5, 5.41) is 0. The van der Waals surface area contributed by atoms with E-state index in [4.69, 9.17) is 9.47 Å². The molecule has 0 aromatic rings. The van der Waals surface area contributed by atoms with Crippen molar-refractivity contribution in [3.8, 4) is 0 Å². The van der Waals surface area contributed by atoms with Crippen molar-refractivity contribution < 1.29 is 19.1 Å². The minimum absolute atomic E-state index is 0.202. The summed E-state index contributed by atoms with van der Waals surface area (Å²) in [6, 6.07) is 0. The van der Waals surface area contributed by atoms with Crippen LogP contribution in [0.2, 0.25) is 0 Å². The van der Waals surface area contributed by atoms with Crippen molar-refractivity contribution in [2.75, 3.05) is 0 Å². The summed E-state index contributed by atoms with van der Waals surface area (Å²) in [5.41, 5.74) is 1.54. The van der Waals surface area contributed by atoms with Crippen LogP contribution in [0.25, 0.3) is 0 Å². The van der Waals surface area contributed by atoms with Gasteiger partial charge in [-0.3, -0.25) is 0 Å². The molecule has 4 nitrogen and oxygen atoms in total. The third-order valence-electron chi connectivity index (χ3n) is 8.06. The molecule has 9 atom stereocenters. The van der Waals surface area contributed by atoms with E-state index in [9.17, 15) is 9.59 Å². The molecule has 1 saturated heterocycles. The van der Waals surface area contributed by atoms with Crippen molar-refractivity contribution in [3.05, 3.63) is 11.1 Å². The molecule has 6 aliphatic carbocycles. The zero-order valence-corrected chi connectivity index (χ0v) is 14.9. The molecule has 5 unspecified atom stereocenters. The van der Waals surface area contributed by atoms with Gasteiger partial charge >= 0.3 is 11.9 Å². The van der Waals surface area contributed by atoms with Crippen LogP contribution in [0.4, 0.5) is 0 Å². The normalized spacial score (nSPS) is 59.5. The number of esters is 2. The Morgan fingerprint density at radius 1 is 1.04 bits per heavy atom. The highest BCUT2D eigenvalue weighted by atomic mass is 79.9. The van der Waals surface area contributed by atoms with Crippen LogP contribution in [-0.4, -0.2) is 22.6 Å². The smallest absolute Gasteiger partial charge is 0.348 e. The summed E-state index contributed by atoms with van der Waals surface area (Å²) in [7, 11) is 0. The van der Waals surface area contributed by atoms with Crippen LogP contribution in [0.15, 0.2) is 11.1 Å². The van der Waals surface area contributed by atoms with Gasteiger partial charge in [-0.25, -0.2) is 9.59 Å². The second-order valence-corrected chi connectivity index (χ2v) is 10.0. The Balaban J connectivity index is 1.57. The van der Waals surface area contributed by atoms with Gasteiger partial charge in [0.2, 0.25) is 0 Å². The minimum atomic E-state index is -1.15. The summed E-state index contributed by atoms with van der Waals surface area (Å²) < 4.78 is 10.8. The first-order chi connectivity index (χ1) is 10.8. The SMILES string of the molecule is CC1(C)OC(=O)C(=C2C3C4[C@H]5C[C@@H]3C3C5[C@H](Br)[C@@]4(C)C23)C(=O)O1. The molecule has 0 aromatic carbocycles.